The van der Waals surface area contributed by atoms with Crippen LogP contribution in [0.1, 0.15) is 11.1 Å². The first-order valence-corrected chi connectivity index (χ1v) is 15.7. The zero-order valence-corrected chi connectivity index (χ0v) is 24.6. The van der Waals surface area contributed by atoms with Crippen LogP contribution in [0.5, 0.6) is 0 Å². The summed E-state index contributed by atoms with van der Waals surface area (Å²) >= 11 is 0. The van der Waals surface area contributed by atoms with Crippen LogP contribution in [-0.4, -0.2) is 9.13 Å². The minimum Gasteiger partial charge on any atom is -0.309 e. The summed E-state index contributed by atoms with van der Waals surface area (Å²) in [5, 5.41) is 5.14. The topological polar surface area (TPSA) is 9.86 Å². The highest BCUT2D eigenvalue weighted by Gasteiger charge is 2.25. The Morgan fingerprint density at radius 3 is 1.91 bits per heavy atom. The lowest BCUT2D eigenvalue weighted by Crippen LogP contribution is -1.98. The molecule has 2 nitrogen and oxygen atoms in total. The Balaban J connectivity index is 1.24. The number of nitrogens with zero attached hydrogens (tertiary/aromatic N) is 2. The van der Waals surface area contributed by atoms with Gasteiger partial charge in [-0.15, -0.1) is 0 Å². The van der Waals surface area contributed by atoms with Crippen molar-refractivity contribution in [3.8, 4) is 33.6 Å². The first-order valence-electron chi connectivity index (χ1n) is 15.7. The molecule has 0 N–H and O–H groups in total. The van der Waals surface area contributed by atoms with Gasteiger partial charge >= 0.3 is 0 Å². The molecule has 0 aliphatic heterocycles. The Hall–Kier alpha value is -5.86. The molecular weight excluding hydrogens is 544 g/mol. The minimum absolute atomic E-state index is 0.957. The lowest BCUT2D eigenvalue weighted by molar-refractivity contribution is 1.15. The van der Waals surface area contributed by atoms with E-state index in [1.807, 2.05) is 0 Å². The van der Waals surface area contributed by atoms with Crippen LogP contribution in [0, 0.1) is 0 Å². The van der Waals surface area contributed by atoms with Crippen molar-refractivity contribution in [2.24, 2.45) is 0 Å². The third kappa shape index (κ3) is 3.51. The first kappa shape index (κ1) is 24.6. The van der Waals surface area contributed by atoms with Crippen LogP contribution in [0.15, 0.2) is 158 Å². The highest BCUT2D eigenvalue weighted by molar-refractivity contribution is 6.14. The van der Waals surface area contributed by atoms with Crippen molar-refractivity contribution >= 4 is 43.6 Å². The van der Waals surface area contributed by atoms with E-state index in [0.29, 0.717) is 0 Å². The van der Waals surface area contributed by atoms with E-state index >= 15 is 0 Å². The molecule has 2 aromatic heterocycles. The molecule has 9 aromatic rings. The molecule has 45 heavy (non-hydrogen) atoms. The van der Waals surface area contributed by atoms with Gasteiger partial charge in [0.1, 0.15) is 0 Å². The van der Waals surface area contributed by atoms with Crippen molar-refractivity contribution in [2.45, 2.75) is 6.42 Å². The first-order chi connectivity index (χ1) is 22.3. The van der Waals surface area contributed by atoms with E-state index in [4.69, 9.17) is 0 Å². The molecule has 7 aromatic carbocycles. The molecule has 0 bridgehead atoms. The van der Waals surface area contributed by atoms with Gasteiger partial charge in [-0.1, -0.05) is 115 Å². The van der Waals surface area contributed by atoms with Gasteiger partial charge in [-0.2, -0.15) is 0 Å². The molecule has 210 valence electrons. The predicted octanol–water partition coefficient (Wildman–Crippen LogP) is 11.1. The summed E-state index contributed by atoms with van der Waals surface area (Å²) in [5.74, 6) is 0. The maximum absolute atomic E-state index is 2.51. The largest absolute Gasteiger partial charge is 0.309 e. The highest BCUT2D eigenvalue weighted by Crippen LogP contribution is 2.44. The second-order valence-corrected chi connectivity index (χ2v) is 12.1. The Bertz CT molecular complexity index is 2620. The fourth-order valence-corrected chi connectivity index (χ4v) is 7.79. The van der Waals surface area contributed by atoms with Crippen molar-refractivity contribution in [2.75, 3.05) is 0 Å². The maximum Gasteiger partial charge on any atom is 0.0582 e. The molecule has 10 rings (SSSR count). The number of hydrogen-bond acceptors (Lipinski definition) is 0. The number of rotatable bonds is 3. The summed E-state index contributed by atoms with van der Waals surface area (Å²) in [7, 11) is 0. The van der Waals surface area contributed by atoms with Crippen LogP contribution >= 0.6 is 0 Å². The van der Waals surface area contributed by atoms with Crippen molar-refractivity contribution in [1.29, 1.82) is 0 Å². The normalized spacial score (nSPS) is 12.4. The molecular formula is C43H28N2. The monoisotopic (exact) mass is 572 g/mol. The summed E-state index contributed by atoms with van der Waals surface area (Å²) in [6.45, 7) is 0. The zero-order valence-electron chi connectivity index (χ0n) is 24.6. The molecule has 0 radical (unpaired) electrons. The van der Waals surface area contributed by atoms with E-state index in [2.05, 4.69) is 167 Å². The lowest BCUT2D eigenvalue weighted by Gasteiger charge is -2.13. The maximum atomic E-state index is 2.51. The van der Waals surface area contributed by atoms with E-state index in [1.54, 1.807) is 0 Å². The summed E-state index contributed by atoms with van der Waals surface area (Å²) in [6, 6.07) is 57.8. The number of hydrogen-bond donors (Lipinski definition) is 0. The van der Waals surface area contributed by atoms with E-state index < -0.39 is 0 Å². The van der Waals surface area contributed by atoms with Gasteiger partial charge in [0, 0.05) is 39.3 Å². The van der Waals surface area contributed by atoms with Gasteiger partial charge in [-0.3, -0.25) is 0 Å². The fourth-order valence-electron chi connectivity index (χ4n) is 7.79. The molecule has 2 heterocycles. The third-order valence-electron chi connectivity index (χ3n) is 9.74. The summed E-state index contributed by atoms with van der Waals surface area (Å²) < 4.78 is 4.93. The average molecular weight is 573 g/mol. The predicted molar refractivity (Wildman–Crippen MR) is 189 cm³/mol. The third-order valence-corrected chi connectivity index (χ3v) is 9.74. The van der Waals surface area contributed by atoms with E-state index in [0.717, 1.165) is 6.42 Å². The number of para-hydroxylation sites is 2. The van der Waals surface area contributed by atoms with Crippen molar-refractivity contribution in [3.05, 3.63) is 169 Å². The van der Waals surface area contributed by atoms with Crippen LogP contribution < -0.4 is 0 Å². The minimum atomic E-state index is 0.957. The summed E-state index contributed by atoms with van der Waals surface area (Å²) in [4.78, 5) is 0. The molecule has 0 fully saturated rings. The summed E-state index contributed by atoms with van der Waals surface area (Å²) in [6.07, 6.45) is 0.957. The molecule has 0 amide bonds. The van der Waals surface area contributed by atoms with Crippen LogP contribution in [0.4, 0.5) is 0 Å². The van der Waals surface area contributed by atoms with Crippen molar-refractivity contribution in [3.63, 3.8) is 0 Å². The molecule has 2 heteroatoms. The van der Waals surface area contributed by atoms with Crippen molar-refractivity contribution < 1.29 is 0 Å². The molecule has 1 aliphatic carbocycles. The zero-order chi connectivity index (χ0) is 29.5. The van der Waals surface area contributed by atoms with Crippen LogP contribution in [0.3, 0.4) is 0 Å². The number of benzene rings is 7. The fraction of sp³-hybridized carbons (Fsp3) is 0.0233. The number of fused-ring (bicyclic) bond motifs is 10. The molecule has 0 unspecified atom stereocenters. The van der Waals surface area contributed by atoms with E-state index in [-0.39, 0.29) is 0 Å². The second-order valence-electron chi connectivity index (χ2n) is 12.1. The van der Waals surface area contributed by atoms with Gasteiger partial charge in [-0.05, 0) is 75.8 Å². The van der Waals surface area contributed by atoms with E-state index in [9.17, 15) is 0 Å². The van der Waals surface area contributed by atoms with Gasteiger partial charge in [0.05, 0.1) is 22.1 Å². The van der Waals surface area contributed by atoms with Gasteiger partial charge in [-0.25, -0.2) is 0 Å². The SMILES string of the molecule is c1ccc(-c2cccc(-n3c4ccccc4c4cc(-n5c6ccccc6c6ccc7c(c65)Cc5ccccc5-7)ccc43)c2)cc1. The van der Waals surface area contributed by atoms with E-state index in [1.165, 1.54) is 88.4 Å². The number of aromatic nitrogens is 2. The Kier molecular flexibility index (Phi) is 5.09. The van der Waals surface area contributed by atoms with Gasteiger partial charge in [0.25, 0.3) is 0 Å². The van der Waals surface area contributed by atoms with Crippen LogP contribution in [0.2, 0.25) is 0 Å². The van der Waals surface area contributed by atoms with Crippen LogP contribution in [-0.2, 0) is 6.42 Å². The Morgan fingerprint density at radius 2 is 1.04 bits per heavy atom. The van der Waals surface area contributed by atoms with Crippen molar-refractivity contribution in [1.82, 2.24) is 9.13 Å². The Labute approximate surface area is 261 Å². The van der Waals surface area contributed by atoms with Gasteiger partial charge < -0.3 is 9.13 Å². The lowest BCUT2D eigenvalue weighted by atomic mass is 10.0. The smallest absolute Gasteiger partial charge is 0.0582 e. The molecule has 0 spiro atoms. The van der Waals surface area contributed by atoms with Crippen LogP contribution in [0.25, 0.3) is 77.2 Å². The summed E-state index contributed by atoms with van der Waals surface area (Å²) in [5.41, 5.74) is 15.4. The molecule has 0 saturated carbocycles. The average Bonchev–Trinajstić information content (AvgIpc) is 3.76. The molecule has 0 atom stereocenters. The van der Waals surface area contributed by atoms with Gasteiger partial charge in [0.2, 0.25) is 0 Å². The Morgan fingerprint density at radius 1 is 0.378 bits per heavy atom. The quantitative estimate of drug-likeness (QED) is 0.199. The highest BCUT2D eigenvalue weighted by atomic mass is 15.0. The molecule has 0 saturated heterocycles. The molecule has 1 aliphatic rings. The standard InChI is InChI=1S/C43H28N2/c1-2-11-28(12-3-1)29-14-10-15-31(25-29)44-40-19-8-7-18-36(40)38-27-32(21-24-42(38)44)45-41-20-9-6-17-35(41)37-23-22-34-33-16-5-4-13-30(33)26-39(34)43(37)45/h1-25,27H,26H2. The van der Waals surface area contributed by atoms with Gasteiger partial charge in [0.15, 0.2) is 0 Å². The second kappa shape index (κ2) is 9.32.